The van der Waals surface area contributed by atoms with Gasteiger partial charge in [-0.3, -0.25) is 9.59 Å². The van der Waals surface area contributed by atoms with E-state index in [1.165, 1.54) is 0 Å². The van der Waals surface area contributed by atoms with Crippen LogP contribution in [0.5, 0.6) is 11.5 Å². The van der Waals surface area contributed by atoms with Crippen molar-refractivity contribution < 1.29 is 28.6 Å². The summed E-state index contributed by atoms with van der Waals surface area (Å²) in [7, 11) is 3.16. The molecule has 3 aliphatic heterocycles. The summed E-state index contributed by atoms with van der Waals surface area (Å²) in [5.41, 5.74) is 3.12. The van der Waals surface area contributed by atoms with Gasteiger partial charge in [0.15, 0.2) is 11.5 Å². The third-order valence-electron chi connectivity index (χ3n) is 8.27. The number of aromatic nitrogens is 1. The van der Waals surface area contributed by atoms with E-state index in [-0.39, 0.29) is 24.4 Å². The van der Waals surface area contributed by atoms with Crippen LogP contribution < -0.4 is 9.47 Å². The number of carbonyl (C=O) groups is 3. The predicted molar refractivity (Wildman–Crippen MR) is 152 cm³/mol. The van der Waals surface area contributed by atoms with E-state index in [4.69, 9.17) is 14.2 Å². The maximum Gasteiger partial charge on any atom is 0.410 e. The van der Waals surface area contributed by atoms with Crippen molar-refractivity contribution >= 4 is 28.8 Å². The highest BCUT2D eigenvalue weighted by atomic mass is 16.6. The van der Waals surface area contributed by atoms with Gasteiger partial charge in [0.2, 0.25) is 11.8 Å². The maximum absolute atomic E-state index is 14.2. The van der Waals surface area contributed by atoms with Gasteiger partial charge in [0, 0.05) is 36.1 Å². The predicted octanol–water partition coefficient (Wildman–Crippen LogP) is 3.88. The zero-order valence-corrected chi connectivity index (χ0v) is 24.1. The summed E-state index contributed by atoms with van der Waals surface area (Å²) < 4.78 is 16.6. The number of amides is 3. The molecule has 0 bridgehead atoms. The third kappa shape index (κ3) is 4.65. The molecule has 6 rings (SSSR count). The SMILES string of the molecule is COc1ccc([C@@H]2c3[nH]c4ccccc4c3C[C@@H]3C(=O)N([C@@H]4CCN(C(=O)OC(C)(C)C)C4)CC(=O)N23)cc1OC. The summed E-state index contributed by atoms with van der Waals surface area (Å²) in [4.78, 5) is 49.5. The van der Waals surface area contributed by atoms with Gasteiger partial charge >= 0.3 is 6.09 Å². The Morgan fingerprint density at radius 2 is 1.78 bits per heavy atom. The standard InChI is InChI=1S/C31H36N4O6/c1-31(2,3)41-30(38)33-13-12-19(16-33)34-17-26(36)35-23(29(34)37)15-21-20-8-6-7-9-22(20)32-27(21)28(35)18-10-11-24(39-4)25(14-18)40-5/h6-11,14,19,23,28,32H,12-13,15-17H2,1-5H3/t19-,23-,28-/m1/s1. The first-order chi connectivity index (χ1) is 19.6. The zero-order valence-electron chi connectivity index (χ0n) is 24.1. The highest BCUT2D eigenvalue weighted by Gasteiger charge is 2.50. The Bertz CT molecular complexity index is 1520. The first-order valence-electron chi connectivity index (χ1n) is 14.0. The molecule has 1 aromatic heterocycles. The van der Waals surface area contributed by atoms with Gasteiger partial charge in [-0.1, -0.05) is 24.3 Å². The summed E-state index contributed by atoms with van der Waals surface area (Å²) in [6.07, 6.45) is 0.613. The van der Waals surface area contributed by atoms with E-state index in [9.17, 15) is 14.4 Å². The number of carbonyl (C=O) groups excluding carboxylic acids is 3. The molecular weight excluding hydrogens is 524 g/mol. The van der Waals surface area contributed by atoms with Crippen molar-refractivity contribution in [2.75, 3.05) is 33.9 Å². The number of ether oxygens (including phenoxy) is 3. The quantitative estimate of drug-likeness (QED) is 0.520. The molecule has 10 nitrogen and oxygen atoms in total. The molecule has 216 valence electrons. The molecular formula is C31H36N4O6. The number of aromatic amines is 1. The lowest BCUT2D eigenvalue weighted by Crippen LogP contribution is -2.65. The molecule has 0 saturated carbocycles. The first-order valence-corrected chi connectivity index (χ1v) is 14.0. The average Bonchev–Trinajstić information content (AvgIpc) is 3.58. The Hall–Kier alpha value is -4.21. The Morgan fingerprint density at radius 3 is 2.51 bits per heavy atom. The summed E-state index contributed by atoms with van der Waals surface area (Å²) in [5, 5.41) is 1.04. The van der Waals surface area contributed by atoms with E-state index < -0.39 is 23.8 Å². The number of nitrogens with zero attached hydrogens (tertiary/aromatic N) is 3. The molecule has 3 amide bonds. The Labute approximate surface area is 239 Å². The largest absolute Gasteiger partial charge is 0.493 e. The smallest absolute Gasteiger partial charge is 0.410 e. The number of hydrogen-bond donors (Lipinski definition) is 1. The van der Waals surface area contributed by atoms with Gasteiger partial charge in [-0.25, -0.2) is 4.79 Å². The minimum Gasteiger partial charge on any atom is -0.493 e. The molecule has 2 fully saturated rings. The molecule has 1 N–H and O–H groups in total. The topological polar surface area (TPSA) is 104 Å². The second-order valence-corrected chi connectivity index (χ2v) is 11.9. The van der Waals surface area contributed by atoms with Crippen LogP contribution in [0.15, 0.2) is 42.5 Å². The monoisotopic (exact) mass is 560 g/mol. The van der Waals surface area contributed by atoms with E-state index >= 15 is 0 Å². The molecule has 41 heavy (non-hydrogen) atoms. The van der Waals surface area contributed by atoms with Crippen molar-refractivity contribution in [3.05, 3.63) is 59.3 Å². The van der Waals surface area contributed by atoms with Crippen LogP contribution in [0.2, 0.25) is 0 Å². The van der Waals surface area contributed by atoms with Gasteiger partial charge in [0.05, 0.1) is 26.3 Å². The number of benzene rings is 2. The second kappa shape index (κ2) is 10.0. The fourth-order valence-electron chi connectivity index (χ4n) is 6.45. The normalized spacial score (nSPS) is 22.6. The van der Waals surface area contributed by atoms with E-state index in [0.29, 0.717) is 37.4 Å². The molecule has 4 heterocycles. The Balaban J connectivity index is 1.36. The van der Waals surface area contributed by atoms with Crippen molar-refractivity contribution in [2.24, 2.45) is 0 Å². The zero-order chi connectivity index (χ0) is 29.1. The third-order valence-corrected chi connectivity index (χ3v) is 8.27. The Kier molecular flexibility index (Phi) is 6.59. The second-order valence-electron chi connectivity index (χ2n) is 11.9. The molecule has 3 aliphatic rings. The lowest BCUT2D eigenvalue weighted by molar-refractivity contribution is -0.160. The van der Waals surface area contributed by atoms with Crippen LogP contribution in [0.25, 0.3) is 10.9 Å². The molecule has 3 aromatic rings. The highest BCUT2D eigenvalue weighted by molar-refractivity contribution is 5.98. The van der Waals surface area contributed by atoms with Crippen molar-refractivity contribution in [2.45, 2.75) is 57.3 Å². The summed E-state index contributed by atoms with van der Waals surface area (Å²) in [6, 6.07) is 12.2. The number of hydrogen-bond acceptors (Lipinski definition) is 6. The van der Waals surface area contributed by atoms with E-state index in [2.05, 4.69) is 11.1 Å². The molecule has 0 aliphatic carbocycles. The van der Waals surface area contributed by atoms with Crippen molar-refractivity contribution in [3.8, 4) is 11.5 Å². The summed E-state index contributed by atoms with van der Waals surface area (Å²) >= 11 is 0. The van der Waals surface area contributed by atoms with Crippen LogP contribution in [0.1, 0.15) is 50.1 Å². The van der Waals surface area contributed by atoms with Crippen LogP contribution in [0.3, 0.4) is 0 Å². The fraction of sp³-hybridized carbons (Fsp3) is 0.452. The van der Waals surface area contributed by atoms with Gasteiger partial charge in [-0.05, 0) is 56.5 Å². The number of para-hydroxylation sites is 1. The lowest BCUT2D eigenvalue weighted by atomic mass is 9.85. The van der Waals surface area contributed by atoms with E-state index in [0.717, 1.165) is 27.7 Å². The number of piperazine rings is 1. The number of nitrogens with one attached hydrogen (secondary N) is 1. The molecule has 10 heteroatoms. The number of methoxy groups -OCH3 is 2. The molecule has 0 spiro atoms. The van der Waals surface area contributed by atoms with Crippen LogP contribution in [-0.2, 0) is 20.7 Å². The minimum atomic E-state index is -0.670. The fourth-order valence-corrected chi connectivity index (χ4v) is 6.45. The van der Waals surface area contributed by atoms with Crippen LogP contribution in [0, 0.1) is 0 Å². The highest BCUT2D eigenvalue weighted by Crippen LogP contribution is 2.44. The van der Waals surface area contributed by atoms with Crippen molar-refractivity contribution in [3.63, 3.8) is 0 Å². The van der Waals surface area contributed by atoms with Crippen LogP contribution >= 0.6 is 0 Å². The lowest BCUT2D eigenvalue weighted by Gasteiger charge is -2.48. The van der Waals surface area contributed by atoms with Gasteiger partial charge in [0.1, 0.15) is 18.2 Å². The number of H-pyrrole nitrogens is 1. The minimum absolute atomic E-state index is 0.0402. The molecule has 2 saturated heterocycles. The average molecular weight is 561 g/mol. The molecule has 2 aromatic carbocycles. The molecule has 3 atom stereocenters. The number of rotatable bonds is 4. The van der Waals surface area contributed by atoms with Crippen molar-refractivity contribution in [1.29, 1.82) is 0 Å². The van der Waals surface area contributed by atoms with Crippen molar-refractivity contribution in [1.82, 2.24) is 19.7 Å². The molecule has 0 unspecified atom stereocenters. The van der Waals surface area contributed by atoms with E-state index in [1.54, 1.807) is 28.9 Å². The maximum atomic E-state index is 14.2. The first kappa shape index (κ1) is 27.0. The number of likely N-dealkylation sites (tertiary alicyclic amines) is 1. The van der Waals surface area contributed by atoms with Gasteiger partial charge < -0.3 is 33.9 Å². The summed E-state index contributed by atoms with van der Waals surface area (Å²) in [5.74, 6) is 0.912. The molecule has 0 radical (unpaired) electrons. The Morgan fingerprint density at radius 1 is 1.02 bits per heavy atom. The van der Waals surface area contributed by atoms with Gasteiger partial charge in [-0.15, -0.1) is 0 Å². The number of fused-ring (bicyclic) bond motifs is 4. The van der Waals surface area contributed by atoms with Crippen LogP contribution in [0.4, 0.5) is 4.79 Å². The summed E-state index contributed by atoms with van der Waals surface area (Å²) in [6.45, 7) is 6.27. The van der Waals surface area contributed by atoms with E-state index in [1.807, 2.05) is 57.2 Å². The van der Waals surface area contributed by atoms with Crippen LogP contribution in [-0.4, -0.2) is 89.1 Å². The van der Waals surface area contributed by atoms with Gasteiger partial charge in [-0.2, -0.15) is 0 Å². The van der Waals surface area contributed by atoms with Gasteiger partial charge in [0.25, 0.3) is 0 Å².